The van der Waals surface area contributed by atoms with Crippen LogP contribution in [0.25, 0.3) is 0 Å². The predicted molar refractivity (Wildman–Crippen MR) is 80.6 cm³/mol. The van der Waals surface area contributed by atoms with Crippen molar-refractivity contribution >= 4 is 11.4 Å². The maximum absolute atomic E-state index is 13.0. The van der Waals surface area contributed by atoms with Crippen molar-refractivity contribution in [1.29, 1.82) is 0 Å². The second kappa shape index (κ2) is 7.35. The van der Waals surface area contributed by atoms with Crippen LogP contribution < -0.4 is 0 Å². The number of aryl methyl sites for hydroxylation is 1. The highest BCUT2D eigenvalue weighted by molar-refractivity contribution is 5.48. The Bertz CT molecular complexity index is 676. The Kier molecular flexibility index (Phi) is 5.47. The van der Waals surface area contributed by atoms with E-state index in [0.29, 0.717) is 11.8 Å². The maximum Gasteiger partial charge on any atom is 0.418 e. The largest absolute Gasteiger partial charge is 0.418 e. The molecule has 6 heteroatoms. The van der Waals surface area contributed by atoms with Crippen LogP contribution in [0.15, 0.2) is 52.7 Å². The first-order valence-electron chi connectivity index (χ1n) is 7.27. The Labute approximate surface area is 131 Å². The molecule has 23 heavy (non-hydrogen) atoms. The summed E-state index contributed by atoms with van der Waals surface area (Å²) in [4.78, 5) is 0. The van der Waals surface area contributed by atoms with E-state index < -0.39 is 23.2 Å². The van der Waals surface area contributed by atoms with Gasteiger partial charge in [0.1, 0.15) is 5.82 Å². The molecule has 2 aromatic rings. The molecule has 0 unspecified atom stereocenters. The third-order valence-corrected chi connectivity index (χ3v) is 3.29. The highest BCUT2D eigenvalue weighted by atomic mass is 19.4. The Morgan fingerprint density at radius 2 is 1.65 bits per heavy atom. The fourth-order valence-electron chi connectivity index (χ4n) is 2.04. The summed E-state index contributed by atoms with van der Waals surface area (Å²) < 4.78 is 51.6. The van der Waals surface area contributed by atoms with E-state index in [-0.39, 0.29) is 0 Å². The molecular weight excluding hydrogens is 308 g/mol. The van der Waals surface area contributed by atoms with Crippen LogP contribution in [0, 0.1) is 5.82 Å². The van der Waals surface area contributed by atoms with Crippen LogP contribution in [0.2, 0.25) is 0 Å². The summed E-state index contributed by atoms with van der Waals surface area (Å²) in [5.74, 6) is -0.962. The minimum atomic E-state index is -4.68. The lowest BCUT2D eigenvalue weighted by molar-refractivity contribution is -0.137. The van der Waals surface area contributed by atoms with Crippen molar-refractivity contribution in [2.24, 2.45) is 10.2 Å². The van der Waals surface area contributed by atoms with E-state index in [0.717, 1.165) is 37.0 Å². The fourth-order valence-corrected chi connectivity index (χ4v) is 2.04. The number of nitrogens with zero attached hydrogens (tertiary/aromatic N) is 2. The van der Waals surface area contributed by atoms with Gasteiger partial charge in [0.05, 0.1) is 16.9 Å². The van der Waals surface area contributed by atoms with Gasteiger partial charge >= 0.3 is 6.18 Å². The Morgan fingerprint density at radius 1 is 0.957 bits per heavy atom. The number of benzene rings is 2. The van der Waals surface area contributed by atoms with Crippen LogP contribution in [-0.4, -0.2) is 0 Å². The van der Waals surface area contributed by atoms with Crippen LogP contribution >= 0.6 is 0 Å². The Balaban J connectivity index is 2.20. The molecule has 0 N–H and O–H groups in total. The summed E-state index contributed by atoms with van der Waals surface area (Å²) in [5.41, 5.74) is 0.0426. The van der Waals surface area contributed by atoms with Gasteiger partial charge in [-0.3, -0.25) is 0 Å². The fraction of sp³-hybridized carbons (Fsp3) is 0.294. The minimum absolute atomic E-state index is 0.408. The van der Waals surface area contributed by atoms with Gasteiger partial charge in [-0.05, 0) is 48.7 Å². The molecular formula is C17H16F4N2. The number of hydrogen-bond acceptors (Lipinski definition) is 2. The SMILES string of the molecule is CCCCc1ccc(N=Nc2ccc(F)cc2C(F)(F)F)cc1. The average molecular weight is 324 g/mol. The molecule has 0 aliphatic rings. The third kappa shape index (κ3) is 4.87. The van der Waals surface area contributed by atoms with Crippen LogP contribution in [0.1, 0.15) is 30.9 Å². The zero-order chi connectivity index (χ0) is 16.9. The molecule has 0 atom stereocenters. The van der Waals surface area contributed by atoms with Gasteiger partial charge in [0, 0.05) is 0 Å². The van der Waals surface area contributed by atoms with Crippen LogP contribution in [-0.2, 0) is 12.6 Å². The highest BCUT2D eigenvalue weighted by Gasteiger charge is 2.34. The molecule has 2 rings (SSSR count). The van der Waals surface area contributed by atoms with Gasteiger partial charge in [0.25, 0.3) is 0 Å². The summed E-state index contributed by atoms with van der Waals surface area (Å²) in [6.45, 7) is 2.10. The summed E-state index contributed by atoms with van der Waals surface area (Å²) in [6, 6.07) is 9.46. The van der Waals surface area contributed by atoms with Crippen molar-refractivity contribution in [3.05, 3.63) is 59.4 Å². The lowest BCUT2D eigenvalue weighted by Crippen LogP contribution is -2.05. The average Bonchev–Trinajstić information content (AvgIpc) is 2.52. The lowest BCUT2D eigenvalue weighted by atomic mass is 10.1. The lowest BCUT2D eigenvalue weighted by Gasteiger charge is -2.08. The van der Waals surface area contributed by atoms with E-state index in [9.17, 15) is 17.6 Å². The first-order chi connectivity index (χ1) is 10.9. The number of azo groups is 1. The van der Waals surface area contributed by atoms with Crippen LogP contribution in [0.5, 0.6) is 0 Å². The summed E-state index contributed by atoms with van der Waals surface area (Å²) >= 11 is 0. The van der Waals surface area contributed by atoms with Crippen LogP contribution in [0.4, 0.5) is 28.9 Å². The van der Waals surface area contributed by atoms with Gasteiger partial charge in [-0.2, -0.15) is 18.3 Å². The third-order valence-electron chi connectivity index (χ3n) is 3.29. The molecule has 2 nitrogen and oxygen atoms in total. The van der Waals surface area contributed by atoms with Gasteiger partial charge < -0.3 is 0 Å². The second-order valence-corrected chi connectivity index (χ2v) is 5.13. The summed E-state index contributed by atoms with van der Waals surface area (Å²) in [7, 11) is 0. The molecule has 0 bridgehead atoms. The molecule has 0 aliphatic carbocycles. The molecule has 0 amide bonds. The number of unbranched alkanes of at least 4 members (excludes halogenated alkanes) is 1. The van der Waals surface area contributed by atoms with Gasteiger partial charge in [0.2, 0.25) is 0 Å². The van der Waals surface area contributed by atoms with E-state index in [2.05, 4.69) is 17.2 Å². The van der Waals surface area contributed by atoms with Crippen molar-refractivity contribution in [2.75, 3.05) is 0 Å². The molecule has 0 aliphatic heterocycles. The summed E-state index contributed by atoms with van der Waals surface area (Å²) in [6.07, 6.45) is -1.57. The molecule has 0 spiro atoms. The van der Waals surface area contributed by atoms with E-state index in [1.807, 2.05) is 12.1 Å². The molecule has 0 radical (unpaired) electrons. The van der Waals surface area contributed by atoms with Crippen LogP contribution in [0.3, 0.4) is 0 Å². The molecule has 0 saturated carbocycles. The monoisotopic (exact) mass is 324 g/mol. The molecule has 122 valence electrons. The molecule has 0 fully saturated rings. The van der Waals surface area contributed by atoms with E-state index in [1.54, 1.807) is 12.1 Å². The Hall–Kier alpha value is -2.24. The quantitative estimate of drug-likeness (QED) is 0.437. The molecule has 0 saturated heterocycles. The second-order valence-electron chi connectivity index (χ2n) is 5.13. The molecule has 2 aromatic carbocycles. The topological polar surface area (TPSA) is 24.7 Å². The van der Waals surface area contributed by atoms with Gasteiger partial charge in [-0.1, -0.05) is 25.5 Å². The maximum atomic E-state index is 13.0. The predicted octanol–water partition coefficient (Wildman–Crippen LogP) is 6.60. The summed E-state index contributed by atoms with van der Waals surface area (Å²) in [5, 5.41) is 7.42. The normalized spacial score (nSPS) is 12.0. The zero-order valence-electron chi connectivity index (χ0n) is 12.6. The van der Waals surface area contributed by atoms with Gasteiger partial charge in [-0.25, -0.2) is 4.39 Å². The number of rotatable bonds is 5. The van der Waals surface area contributed by atoms with Gasteiger partial charge in [0.15, 0.2) is 0 Å². The first-order valence-corrected chi connectivity index (χ1v) is 7.27. The smallest absolute Gasteiger partial charge is 0.207 e. The van der Waals surface area contributed by atoms with Crippen molar-refractivity contribution in [3.8, 4) is 0 Å². The molecule has 0 heterocycles. The van der Waals surface area contributed by atoms with Crippen molar-refractivity contribution in [2.45, 2.75) is 32.4 Å². The van der Waals surface area contributed by atoms with Gasteiger partial charge in [-0.15, -0.1) is 5.11 Å². The number of hydrogen-bond donors (Lipinski definition) is 0. The number of halogens is 4. The standard InChI is InChI=1S/C17H16F4N2/c1-2-3-4-12-5-8-14(9-6-12)22-23-16-10-7-13(18)11-15(16)17(19,20)21/h5-11H,2-4H2,1H3. The molecule has 0 aromatic heterocycles. The number of alkyl halides is 3. The van der Waals surface area contributed by atoms with Crippen molar-refractivity contribution in [3.63, 3.8) is 0 Å². The van der Waals surface area contributed by atoms with E-state index >= 15 is 0 Å². The van der Waals surface area contributed by atoms with Crippen molar-refractivity contribution < 1.29 is 17.6 Å². The first kappa shape index (κ1) is 17.1. The Morgan fingerprint density at radius 3 is 2.26 bits per heavy atom. The zero-order valence-corrected chi connectivity index (χ0v) is 12.6. The van der Waals surface area contributed by atoms with Crippen molar-refractivity contribution in [1.82, 2.24) is 0 Å². The van der Waals surface area contributed by atoms with E-state index in [4.69, 9.17) is 0 Å². The van der Waals surface area contributed by atoms with E-state index in [1.165, 1.54) is 0 Å². The highest BCUT2D eigenvalue weighted by Crippen LogP contribution is 2.37. The minimum Gasteiger partial charge on any atom is -0.207 e.